The molecule has 0 amide bonds. The SMILES string of the molecule is CCCCCCCCCCC(C)C(O)CN(C)CCCNCC(O)CC.CCCCCCCCCCC(C)C(O)CN(CCCNC)CC(O)CC. The van der Waals surface area contributed by atoms with Gasteiger partial charge in [-0.1, -0.05) is 144 Å². The Kier molecular flexibility index (Phi) is 41.7. The van der Waals surface area contributed by atoms with Crippen molar-refractivity contribution in [3.8, 4) is 0 Å². The van der Waals surface area contributed by atoms with Crippen LogP contribution in [0.3, 0.4) is 0 Å². The van der Waals surface area contributed by atoms with Gasteiger partial charge in [0.15, 0.2) is 0 Å². The van der Waals surface area contributed by atoms with Crippen LogP contribution in [-0.4, -0.2) is 121 Å². The maximum atomic E-state index is 10.6. The zero-order chi connectivity index (χ0) is 39.2. The number of unbranched alkanes of at least 4 members (excludes halogenated alkanes) is 14. The van der Waals surface area contributed by atoms with Gasteiger partial charge in [0.05, 0.1) is 24.4 Å². The second-order valence-electron chi connectivity index (χ2n) is 16.3. The molecule has 0 fully saturated rings. The number of likely N-dealkylation sites (N-methyl/N-ethyl adjacent to an activating group) is 1. The Labute approximate surface area is 325 Å². The van der Waals surface area contributed by atoms with E-state index >= 15 is 0 Å². The van der Waals surface area contributed by atoms with Gasteiger partial charge in [-0.05, 0) is 90.6 Å². The molecule has 0 saturated carbocycles. The van der Waals surface area contributed by atoms with Crippen LogP contribution in [0.4, 0.5) is 0 Å². The molecule has 0 saturated heterocycles. The van der Waals surface area contributed by atoms with Gasteiger partial charge in [-0.2, -0.15) is 0 Å². The van der Waals surface area contributed by atoms with Gasteiger partial charge in [-0.25, -0.2) is 0 Å². The average molecular weight is 745 g/mol. The highest BCUT2D eigenvalue weighted by molar-refractivity contribution is 4.73. The molecule has 0 aromatic carbocycles. The lowest BCUT2D eigenvalue weighted by atomic mass is 9.96. The molecule has 0 aliphatic carbocycles. The van der Waals surface area contributed by atoms with Crippen molar-refractivity contribution < 1.29 is 20.4 Å². The number of nitrogens with zero attached hydrogens (tertiary/aromatic N) is 2. The smallest absolute Gasteiger partial charge is 0.0692 e. The van der Waals surface area contributed by atoms with Gasteiger partial charge in [-0.3, -0.25) is 4.90 Å². The number of hydrogen-bond donors (Lipinski definition) is 6. The summed E-state index contributed by atoms with van der Waals surface area (Å²) in [5.74, 6) is 0.719. The minimum Gasteiger partial charge on any atom is -0.392 e. The molecule has 0 aliphatic heterocycles. The molecule has 0 rings (SSSR count). The van der Waals surface area contributed by atoms with E-state index in [2.05, 4.69) is 55.2 Å². The summed E-state index contributed by atoms with van der Waals surface area (Å²) in [6, 6.07) is 0. The number of nitrogens with one attached hydrogen (secondary N) is 2. The first kappa shape index (κ1) is 53.8. The van der Waals surface area contributed by atoms with Crippen molar-refractivity contribution in [3.63, 3.8) is 0 Å². The van der Waals surface area contributed by atoms with Crippen LogP contribution in [0.1, 0.15) is 183 Å². The van der Waals surface area contributed by atoms with Crippen LogP contribution in [0, 0.1) is 11.8 Å². The lowest BCUT2D eigenvalue weighted by Crippen LogP contribution is -2.41. The molecule has 316 valence electrons. The summed E-state index contributed by atoms with van der Waals surface area (Å²) in [7, 11) is 4.05. The summed E-state index contributed by atoms with van der Waals surface area (Å²) in [5.41, 5.74) is 0. The molecule has 52 heavy (non-hydrogen) atoms. The van der Waals surface area contributed by atoms with Gasteiger partial charge in [0.1, 0.15) is 0 Å². The van der Waals surface area contributed by atoms with Gasteiger partial charge in [0.2, 0.25) is 0 Å². The fourth-order valence-electron chi connectivity index (χ4n) is 6.67. The quantitative estimate of drug-likeness (QED) is 0.0350. The van der Waals surface area contributed by atoms with Crippen molar-refractivity contribution >= 4 is 0 Å². The zero-order valence-corrected chi connectivity index (χ0v) is 36.4. The average Bonchev–Trinajstić information content (AvgIpc) is 3.13. The molecule has 6 N–H and O–H groups in total. The highest BCUT2D eigenvalue weighted by Gasteiger charge is 2.19. The van der Waals surface area contributed by atoms with E-state index in [1.54, 1.807) is 0 Å². The van der Waals surface area contributed by atoms with Crippen LogP contribution in [0.5, 0.6) is 0 Å². The first-order valence-electron chi connectivity index (χ1n) is 22.5. The third-order valence-electron chi connectivity index (χ3n) is 10.9. The molecule has 6 unspecified atom stereocenters. The Morgan fingerprint density at radius 3 is 1.40 bits per heavy atom. The van der Waals surface area contributed by atoms with Crippen molar-refractivity contribution in [1.29, 1.82) is 0 Å². The van der Waals surface area contributed by atoms with E-state index in [0.717, 1.165) is 71.2 Å². The van der Waals surface area contributed by atoms with E-state index < -0.39 is 0 Å². The third kappa shape index (κ3) is 36.6. The molecule has 0 aliphatic rings. The predicted octanol–water partition coefficient (Wildman–Crippen LogP) is 8.39. The topological polar surface area (TPSA) is 111 Å². The number of hydrogen-bond acceptors (Lipinski definition) is 8. The highest BCUT2D eigenvalue weighted by atomic mass is 16.3. The van der Waals surface area contributed by atoms with E-state index in [1.807, 2.05) is 20.9 Å². The Morgan fingerprint density at radius 2 is 0.942 bits per heavy atom. The number of rotatable bonds is 38. The standard InChI is InChI=1S/2C22H48N2O2/c1-5-7-8-9-10-11-12-13-15-20(3)22(26)19-24(4)17-14-16-23-18-21(25)6-2;1-5-7-8-9-10-11-12-13-15-20(3)22(26)19-24(17-14-16-23-4)18-21(25)6-2/h2*20-23,25-26H,5-19H2,1-4H3. The van der Waals surface area contributed by atoms with Crippen LogP contribution < -0.4 is 10.6 Å². The molecule has 6 atom stereocenters. The lowest BCUT2D eigenvalue weighted by Gasteiger charge is -2.29. The molecular formula is C44H96N4O4. The van der Waals surface area contributed by atoms with Gasteiger partial charge in [-0.15, -0.1) is 0 Å². The van der Waals surface area contributed by atoms with Crippen molar-refractivity contribution in [3.05, 3.63) is 0 Å². The van der Waals surface area contributed by atoms with E-state index in [9.17, 15) is 20.4 Å². The van der Waals surface area contributed by atoms with Gasteiger partial charge in [0, 0.05) is 26.2 Å². The van der Waals surface area contributed by atoms with E-state index in [4.69, 9.17) is 0 Å². The van der Waals surface area contributed by atoms with Crippen LogP contribution in [0.15, 0.2) is 0 Å². The summed E-state index contributed by atoms with van der Waals surface area (Å²) >= 11 is 0. The predicted molar refractivity (Wildman–Crippen MR) is 227 cm³/mol. The molecule has 0 bridgehead atoms. The normalized spacial score (nSPS) is 15.3. The van der Waals surface area contributed by atoms with Crippen molar-refractivity contribution in [2.75, 3.05) is 66.5 Å². The lowest BCUT2D eigenvalue weighted by molar-refractivity contribution is 0.0409. The van der Waals surface area contributed by atoms with Crippen LogP contribution in [-0.2, 0) is 0 Å². The van der Waals surface area contributed by atoms with Crippen molar-refractivity contribution in [2.24, 2.45) is 11.8 Å². The summed E-state index contributed by atoms with van der Waals surface area (Å²) in [6.07, 6.45) is 26.3. The van der Waals surface area contributed by atoms with Crippen molar-refractivity contribution in [2.45, 2.75) is 207 Å². The fraction of sp³-hybridized carbons (Fsp3) is 1.00. The highest BCUT2D eigenvalue weighted by Crippen LogP contribution is 2.18. The molecule has 0 heterocycles. The molecule has 0 aromatic rings. The summed E-state index contributed by atoms with van der Waals surface area (Å²) in [5, 5.41) is 46.9. The van der Waals surface area contributed by atoms with Gasteiger partial charge in [0.25, 0.3) is 0 Å². The fourth-order valence-corrected chi connectivity index (χ4v) is 6.67. The van der Waals surface area contributed by atoms with E-state index in [0.29, 0.717) is 31.5 Å². The third-order valence-corrected chi connectivity index (χ3v) is 10.9. The Balaban J connectivity index is 0. The molecule has 0 radical (unpaired) electrons. The van der Waals surface area contributed by atoms with Crippen molar-refractivity contribution in [1.82, 2.24) is 20.4 Å². The molecule has 8 heteroatoms. The number of aliphatic hydroxyl groups is 4. The second-order valence-corrected chi connectivity index (χ2v) is 16.3. The number of aliphatic hydroxyl groups excluding tert-OH is 4. The minimum atomic E-state index is -0.293. The summed E-state index contributed by atoms with van der Waals surface area (Å²) < 4.78 is 0. The minimum absolute atomic E-state index is 0.223. The van der Waals surface area contributed by atoms with Crippen LogP contribution in [0.25, 0.3) is 0 Å². The summed E-state index contributed by atoms with van der Waals surface area (Å²) in [6.45, 7) is 19.5. The zero-order valence-electron chi connectivity index (χ0n) is 36.4. The Morgan fingerprint density at radius 1 is 0.500 bits per heavy atom. The maximum absolute atomic E-state index is 10.6. The maximum Gasteiger partial charge on any atom is 0.0692 e. The second kappa shape index (κ2) is 40.3. The Hall–Kier alpha value is -0.320. The van der Waals surface area contributed by atoms with E-state index in [1.165, 1.54) is 103 Å². The first-order valence-corrected chi connectivity index (χ1v) is 22.5. The van der Waals surface area contributed by atoms with Crippen LogP contribution in [0.2, 0.25) is 0 Å². The molecule has 0 spiro atoms. The van der Waals surface area contributed by atoms with E-state index in [-0.39, 0.29) is 24.4 Å². The Bertz CT molecular complexity index is 691. The molecule has 8 nitrogen and oxygen atoms in total. The van der Waals surface area contributed by atoms with Crippen LogP contribution >= 0.6 is 0 Å². The molecular weight excluding hydrogens is 649 g/mol. The van der Waals surface area contributed by atoms with Gasteiger partial charge >= 0.3 is 0 Å². The monoisotopic (exact) mass is 745 g/mol. The van der Waals surface area contributed by atoms with Gasteiger partial charge < -0.3 is 36.0 Å². The largest absolute Gasteiger partial charge is 0.392 e. The first-order chi connectivity index (χ1) is 25.1. The summed E-state index contributed by atoms with van der Waals surface area (Å²) in [4.78, 5) is 4.47. The molecule has 0 aromatic heterocycles.